The Bertz CT molecular complexity index is 1260. The Labute approximate surface area is 206 Å². The third kappa shape index (κ3) is 4.15. The number of rotatable bonds is 5. The second kappa shape index (κ2) is 9.23. The molecule has 0 aliphatic carbocycles. The average Bonchev–Trinajstić information content (AvgIpc) is 3.40. The molecule has 0 bridgehead atoms. The van der Waals surface area contributed by atoms with Gasteiger partial charge in [0.15, 0.2) is 6.10 Å². The van der Waals surface area contributed by atoms with Crippen molar-refractivity contribution in [2.24, 2.45) is 5.73 Å². The van der Waals surface area contributed by atoms with E-state index in [-0.39, 0.29) is 11.9 Å². The van der Waals surface area contributed by atoms with E-state index in [1.807, 2.05) is 42.5 Å². The normalized spacial score (nSPS) is 29.9. The van der Waals surface area contributed by atoms with Crippen molar-refractivity contribution in [2.45, 2.75) is 62.1 Å². The number of carbonyl (C=O) groups is 4. The van der Waals surface area contributed by atoms with Gasteiger partial charge in [-0.1, -0.05) is 36.4 Å². The molecule has 0 saturated carbocycles. The molecule has 2 amide bonds. The van der Waals surface area contributed by atoms with Gasteiger partial charge in [-0.05, 0) is 37.1 Å². The highest BCUT2D eigenvalue weighted by atomic mass is 16.7. The molecule has 1 aromatic heterocycles. The number of nitrogens with one attached hydrogen (secondary N) is 1. The molecule has 11 heteroatoms. The summed E-state index contributed by atoms with van der Waals surface area (Å²) in [6.07, 6.45) is 5.34. The summed E-state index contributed by atoms with van der Waals surface area (Å²) in [4.78, 5) is 56.2. The molecule has 2 saturated heterocycles. The molecule has 5 unspecified atom stereocenters. The highest BCUT2D eigenvalue weighted by Gasteiger charge is 2.57. The SMILES string of the molecule is NC(=O)C1(O)OC(=O)CC1OC(=O)C1CCC2CC=CCC(Nc3nccc4ccccc34)C(=O)N21. The van der Waals surface area contributed by atoms with E-state index in [9.17, 15) is 24.3 Å². The predicted octanol–water partition coefficient (Wildman–Crippen LogP) is 0.758. The molecule has 5 rings (SSSR count). The number of nitrogens with two attached hydrogens (primary N) is 1. The zero-order valence-electron chi connectivity index (χ0n) is 19.3. The first-order chi connectivity index (χ1) is 17.3. The number of cyclic esters (lactones) is 1. The van der Waals surface area contributed by atoms with Gasteiger partial charge in [-0.2, -0.15) is 0 Å². The lowest BCUT2D eigenvalue weighted by atomic mass is 10.0. The molecular weight excluding hydrogens is 468 g/mol. The first-order valence-corrected chi connectivity index (χ1v) is 11.8. The van der Waals surface area contributed by atoms with Crippen LogP contribution < -0.4 is 11.1 Å². The Morgan fingerprint density at radius 1 is 1.17 bits per heavy atom. The number of esters is 2. The van der Waals surface area contributed by atoms with E-state index < -0.39 is 48.2 Å². The van der Waals surface area contributed by atoms with E-state index in [0.29, 0.717) is 31.5 Å². The number of ether oxygens (including phenoxy) is 2. The second-order valence-electron chi connectivity index (χ2n) is 9.18. The van der Waals surface area contributed by atoms with E-state index in [1.54, 1.807) is 6.20 Å². The lowest BCUT2D eigenvalue weighted by Gasteiger charge is -2.34. The van der Waals surface area contributed by atoms with Gasteiger partial charge in [0.05, 0.1) is 6.42 Å². The van der Waals surface area contributed by atoms with Crippen LogP contribution in [0.3, 0.4) is 0 Å². The summed E-state index contributed by atoms with van der Waals surface area (Å²) in [5.74, 6) is -5.56. The molecule has 0 spiro atoms. The van der Waals surface area contributed by atoms with Crippen molar-refractivity contribution in [3.05, 3.63) is 48.7 Å². The van der Waals surface area contributed by atoms with E-state index in [0.717, 1.165) is 10.8 Å². The second-order valence-corrected chi connectivity index (χ2v) is 9.18. The molecule has 2 fully saturated rings. The maximum absolute atomic E-state index is 13.8. The number of nitrogens with zero attached hydrogens (tertiary/aromatic N) is 2. The van der Waals surface area contributed by atoms with Crippen molar-refractivity contribution in [2.75, 3.05) is 5.32 Å². The Hall–Kier alpha value is -3.99. The maximum atomic E-state index is 13.8. The number of carbonyl (C=O) groups excluding carboxylic acids is 4. The number of benzene rings is 1. The van der Waals surface area contributed by atoms with Gasteiger partial charge in [0, 0.05) is 17.6 Å². The number of hydrogen-bond acceptors (Lipinski definition) is 9. The van der Waals surface area contributed by atoms with Gasteiger partial charge < -0.3 is 30.5 Å². The summed E-state index contributed by atoms with van der Waals surface area (Å²) in [5, 5.41) is 15.4. The fourth-order valence-electron chi connectivity index (χ4n) is 5.09. The van der Waals surface area contributed by atoms with Gasteiger partial charge in [-0.15, -0.1) is 0 Å². The third-order valence-corrected chi connectivity index (χ3v) is 6.93. The minimum atomic E-state index is -2.74. The van der Waals surface area contributed by atoms with Crippen LogP contribution in [-0.4, -0.2) is 68.8 Å². The number of fused-ring (bicyclic) bond motifs is 2. The van der Waals surface area contributed by atoms with Gasteiger partial charge in [0.25, 0.3) is 5.91 Å². The largest absolute Gasteiger partial charge is 0.453 e. The van der Waals surface area contributed by atoms with Crippen LogP contribution in [0.25, 0.3) is 10.8 Å². The molecular formula is C25H26N4O7. The summed E-state index contributed by atoms with van der Waals surface area (Å²) in [7, 11) is 0. The highest BCUT2D eigenvalue weighted by Crippen LogP contribution is 2.34. The van der Waals surface area contributed by atoms with Crippen LogP contribution in [0.2, 0.25) is 0 Å². The molecule has 4 N–H and O–H groups in total. The standard InChI is InChI=1S/C25H26N4O7/c26-24(33)25(34)19(13-20(30)36-25)35-23(32)18-10-9-15-6-2-4-8-17(22(31)29(15)18)28-21-16-7-3-1-5-14(16)11-12-27-21/h1-5,7,11-12,15,17-19,34H,6,8-10,13H2,(H2,26,33)(H,27,28). The molecule has 4 heterocycles. The Balaban J connectivity index is 1.38. The first-order valence-electron chi connectivity index (χ1n) is 11.8. The molecule has 3 aliphatic rings. The summed E-state index contributed by atoms with van der Waals surface area (Å²) in [6.45, 7) is 0. The maximum Gasteiger partial charge on any atom is 0.329 e. The topological polar surface area (TPSA) is 161 Å². The van der Waals surface area contributed by atoms with Crippen molar-refractivity contribution < 1.29 is 33.8 Å². The van der Waals surface area contributed by atoms with Gasteiger partial charge in [0.1, 0.15) is 17.9 Å². The van der Waals surface area contributed by atoms with Crippen LogP contribution in [0.15, 0.2) is 48.7 Å². The number of primary amides is 1. The van der Waals surface area contributed by atoms with Crippen LogP contribution in [0, 0.1) is 0 Å². The van der Waals surface area contributed by atoms with E-state index in [4.69, 9.17) is 10.5 Å². The lowest BCUT2D eigenvalue weighted by Crippen LogP contribution is -2.55. The number of anilines is 1. The molecule has 3 aliphatic heterocycles. The fourth-order valence-corrected chi connectivity index (χ4v) is 5.09. The van der Waals surface area contributed by atoms with Crippen molar-refractivity contribution >= 4 is 40.3 Å². The molecule has 188 valence electrons. The van der Waals surface area contributed by atoms with Crippen LogP contribution in [0.1, 0.15) is 32.1 Å². The van der Waals surface area contributed by atoms with E-state index >= 15 is 0 Å². The average molecular weight is 495 g/mol. The Kier molecular flexibility index (Phi) is 6.09. The third-order valence-electron chi connectivity index (χ3n) is 6.93. The summed E-state index contributed by atoms with van der Waals surface area (Å²) < 4.78 is 9.97. The monoisotopic (exact) mass is 494 g/mol. The van der Waals surface area contributed by atoms with Gasteiger partial charge >= 0.3 is 17.7 Å². The quantitative estimate of drug-likeness (QED) is 0.402. The van der Waals surface area contributed by atoms with E-state index in [2.05, 4.69) is 15.0 Å². The van der Waals surface area contributed by atoms with Crippen LogP contribution >= 0.6 is 0 Å². The smallest absolute Gasteiger partial charge is 0.329 e. The first kappa shape index (κ1) is 23.7. The zero-order valence-corrected chi connectivity index (χ0v) is 19.3. The summed E-state index contributed by atoms with van der Waals surface area (Å²) in [5.41, 5.74) is 5.17. The number of amides is 2. The van der Waals surface area contributed by atoms with Crippen LogP contribution in [0.5, 0.6) is 0 Å². The summed E-state index contributed by atoms with van der Waals surface area (Å²) in [6, 6.07) is 7.70. The molecule has 5 atom stereocenters. The van der Waals surface area contributed by atoms with Gasteiger partial charge in [-0.3, -0.25) is 14.4 Å². The molecule has 1 aromatic carbocycles. The number of aliphatic hydroxyl groups is 1. The molecule has 11 nitrogen and oxygen atoms in total. The Morgan fingerprint density at radius 2 is 1.94 bits per heavy atom. The molecule has 2 aromatic rings. The Morgan fingerprint density at radius 3 is 2.75 bits per heavy atom. The van der Waals surface area contributed by atoms with Gasteiger partial charge in [-0.25, -0.2) is 9.78 Å². The fraction of sp³-hybridized carbons (Fsp3) is 0.400. The number of pyridine rings is 1. The van der Waals surface area contributed by atoms with Crippen molar-refractivity contribution in [3.63, 3.8) is 0 Å². The number of hydrogen-bond donors (Lipinski definition) is 3. The van der Waals surface area contributed by atoms with Crippen molar-refractivity contribution in [1.29, 1.82) is 0 Å². The van der Waals surface area contributed by atoms with Gasteiger partial charge in [0.2, 0.25) is 5.91 Å². The van der Waals surface area contributed by atoms with Crippen molar-refractivity contribution in [1.82, 2.24) is 9.88 Å². The minimum absolute atomic E-state index is 0.229. The van der Waals surface area contributed by atoms with Crippen molar-refractivity contribution in [3.8, 4) is 0 Å². The predicted molar refractivity (Wildman–Crippen MR) is 126 cm³/mol. The zero-order chi connectivity index (χ0) is 25.4. The van der Waals surface area contributed by atoms with E-state index in [1.165, 1.54) is 4.90 Å². The van der Waals surface area contributed by atoms with Crippen LogP contribution in [-0.2, 0) is 28.7 Å². The lowest BCUT2D eigenvalue weighted by molar-refractivity contribution is -0.220. The summed E-state index contributed by atoms with van der Waals surface area (Å²) >= 11 is 0. The molecule has 36 heavy (non-hydrogen) atoms. The molecule has 0 radical (unpaired) electrons. The minimum Gasteiger partial charge on any atom is -0.453 e. The number of aromatic nitrogens is 1. The highest BCUT2D eigenvalue weighted by molar-refractivity contribution is 5.95. The van der Waals surface area contributed by atoms with Crippen LogP contribution in [0.4, 0.5) is 5.82 Å².